The first-order valence-electron chi connectivity index (χ1n) is 5.58. The monoisotopic (exact) mass is 228 g/mol. The molecule has 1 aromatic heterocycles. The zero-order chi connectivity index (χ0) is 12.1. The lowest BCUT2D eigenvalue weighted by atomic mass is 10.0. The summed E-state index contributed by atoms with van der Waals surface area (Å²) in [5.41, 5.74) is 6.36. The number of rotatable bonds is 4. The molecule has 0 saturated carbocycles. The van der Waals surface area contributed by atoms with Crippen molar-refractivity contribution in [2.24, 2.45) is 5.84 Å². The van der Waals surface area contributed by atoms with Crippen LogP contribution in [0.25, 0.3) is 0 Å². The van der Waals surface area contributed by atoms with Crippen LogP contribution in [0.3, 0.4) is 0 Å². The van der Waals surface area contributed by atoms with Crippen molar-refractivity contribution in [1.29, 1.82) is 0 Å². The van der Waals surface area contributed by atoms with Crippen LogP contribution >= 0.6 is 0 Å². The van der Waals surface area contributed by atoms with E-state index in [1.165, 1.54) is 11.1 Å². The molecule has 3 N–H and O–H groups in total. The Kier molecular flexibility index (Phi) is 3.80. The summed E-state index contributed by atoms with van der Waals surface area (Å²) < 4.78 is 0. The second-order valence-corrected chi connectivity index (χ2v) is 4.08. The average molecular weight is 228 g/mol. The summed E-state index contributed by atoms with van der Waals surface area (Å²) in [6.45, 7) is 2.08. The number of hydrazine groups is 1. The molecule has 0 amide bonds. The minimum atomic E-state index is 0.0632. The van der Waals surface area contributed by atoms with Gasteiger partial charge >= 0.3 is 0 Å². The van der Waals surface area contributed by atoms with E-state index in [0.717, 1.165) is 12.0 Å². The first-order chi connectivity index (χ1) is 8.29. The highest BCUT2D eigenvalue weighted by Gasteiger charge is 2.10. The molecule has 1 aromatic carbocycles. The minimum absolute atomic E-state index is 0.0632. The fraction of sp³-hybridized carbons (Fsp3) is 0.231. The van der Waals surface area contributed by atoms with Crippen LogP contribution in [-0.2, 0) is 6.42 Å². The molecule has 1 heterocycles. The summed E-state index contributed by atoms with van der Waals surface area (Å²) in [5.74, 6) is 5.58. The van der Waals surface area contributed by atoms with Crippen LogP contribution in [0.15, 0.2) is 42.7 Å². The third-order valence-corrected chi connectivity index (χ3v) is 2.77. The van der Waals surface area contributed by atoms with Crippen molar-refractivity contribution in [2.45, 2.75) is 19.4 Å². The Morgan fingerprint density at radius 3 is 2.53 bits per heavy atom. The number of hydrogen-bond donors (Lipinski definition) is 2. The molecule has 0 aliphatic carbocycles. The first kappa shape index (κ1) is 11.7. The second kappa shape index (κ2) is 5.52. The molecular weight excluding hydrogens is 212 g/mol. The van der Waals surface area contributed by atoms with Crippen LogP contribution in [0.4, 0.5) is 0 Å². The number of nitrogens with zero attached hydrogens (tertiary/aromatic N) is 2. The highest BCUT2D eigenvalue weighted by atomic mass is 15.2. The molecule has 0 spiro atoms. The molecule has 0 bridgehead atoms. The fourth-order valence-corrected chi connectivity index (χ4v) is 1.74. The van der Waals surface area contributed by atoms with Crippen molar-refractivity contribution in [3.8, 4) is 0 Å². The van der Waals surface area contributed by atoms with Crippen LogP contribution < -0.4 is 11.3 Å². The molecule has 4 nitrogen and oxygen atoms in total. The van der Waals surface area contributed by atoms with Gasteiger partial charge < -0.3 is 0 Å². The van der Waals surface area contributed by atoms with Crippen molar-refractivity contribution in [1.82, 2.24) is 15.6 Å². The SMILES string of the molecule is Cc1ccc(CC(NN)c2ccnnc2)cc1. The van der Waals surface area contributed by atoms with Gasteiger partial charge in [0.15, 0.2) is 0 Å². The largest absolute Gasteiger partial charge is 0.271 e. The molecule has 88 valence electrons. The molecule has 0 aliphatic heterocycles. The van der Waals surface area contributed by atoms with Gasteiger partial charge in [-0.2, -0.15) is 10.2 Å². The summed E-state index contributed by atoms with van der Waals surface area (Å²) in [5, 5.41) is 7.63. The molecule has 0 saturated heterocycles. The van der Waals surface area contributed by atoms with Gasteiger partial charge in [0, 0.05) is 6.20 Å². The Morgan fingerprint density at radius 1 is 1.18 bits per heavy atom. The van der Waals surface area contributed by atoms with E-state index in [4.69, 9.17) is 5.84 Å². The molecule has 0 fully saturated rings. The number of nitrogens with two attached hydrogens (primary N) is 1. The van der Waals surface area contributed by atoms with Gasteiger partial charge in [-0.3, -0.25) is 11.3 Å². The minimum Gasteiger partial charge on any atom is -0.271 e. The molecule has 1 unspecified atom stereocenters. The lowest BCUT2D eigenvalue weighted by molar-refractivity contribution is 0.548. The van der Waals surface area contributed by atoms with E-state index >= 15 is 0 Å². The molecule has 1 atom stereocenters. The van der Waals surface area contributed by atoms with Gasteiger partial charge in [-0.15, -0.1) is 0 Å². The molecule has 2 rings (SSSR count). The van der Waals surface area contributed by atoms with E-state index in [-0.39, 0.29) is 6.04 Å². The smallest absolute Gasteiger partial charge is 0.0544 e. The predicted octanol–water partition coefficient (Wildman–Crippen LogP) is 1.53. The number of benzene rings is 1. The molecule has 2 aromatic rings. The van der Waals surface area contributed by atoms with Crippen LogP contribution in [0.5, 0.6) is 0 Å². The topological polar surface area (TPSA) is 63.8 Å². The van der Waals surface area contributed by atoms with E-state index in [1.54, 1.807) is 12.4 Å². The third kappa shape index (κ3) is 3.09. The quantitative estimate of drug-likeness (QED) is 0.615. The number of aromatic nitrogens is 2. The Balaban J connectivity index is 2.13. The Labute approximate surface area is 101 Å². The zero-order valence-electron chi connectivity index (χ0n) is 9.80. The highest BCUT2D eigenvalue weighted by Crippen LogP contribution is 2.16. The molecular formula is C13H16N4. The standard InChI is InChI=1S/C13H16N4/c1-10-2-4-11(5-3-10)8-13(17-14)12-6-7-15-16-9-12/h2-7,9,13,17H,8,14H2,1H3. The van der Waals surface area contributed by atoms with Gasteiger partial charge in [0.1, 0.15) is 0 Å². The van der Waals surface area contributed by atoms with Crippen molar-refractivity contribution in [3.05, 3.63) is 59.4 Å². The van der Waals surface area contributed by atoms with Gasteiger partial charge in [0.2, 0.25) is 0 Å². The van der Waals surface area contributed by atoms with Crippen LogP contribution in [0, 0.1) is 6.92 Å². The summed E-state index contributed by atoms with van der Waals surface area (Å²) in [6, 6.07) is 10.4. The van der Waals surface area contributed by atoms with Gasteiger partial charge in [0.25, 0.3) is 0 Å². The van der Waals surface area contributed by atoms with E-state index in [9.17, 15) is 0 Å². The lowest BCUT2D eigenvalue weighted by Crippen LogP contribution is -2.29. The molecule has 17 heavy (non-hydrogen) atoms. The maximum absolute atomic E-state index is 5.58. The van der Waals surface area contributed by atoms with Gasteiger partial charge in [-0.1, -0.05) is 29.8 Å². The normalized spacial score (nSPS) is 12.4. The Morgan fingerprint density at radius 2 is 1.94 bits per heavy atom. The van der Waals surface area contributed by atoms with Crippen LogP contribution in [0.2, 0.25) is 0 Å². The van der Waals surface area contributed by atoms with Gasteiger partial charge in [-0.05, 0) is 30.5 Å². The Bertz CT molecular complexity index is 453. The van der Waals surface area contributed by atoms with Crippen LogP contribution in [0.1, 0.15) is 22.7 Å². The summed E-state index contributed by atoms with van der Waals surface area (Å²) in [6.07, 6.45) is 4.25. The van der Waals surface area contributed by atoms with Crippen LogP contribution in [-0.4, -0.2) is 10.2 Å². The van der Waals surface area contributed by atoms with Crippen molar-refractivity contribution >= 4 is 0 Å². The average Bonchev–Trinajstić information content (AvgIpc) is 2.39. The van der Waals surface area contributed by atoms with Crippen molar-refractivity contribution in [2.75, 3.05) is 0 Å². The first-order valence-corrected chi connectivity index (χ1v) is 5.58. The molecule has 0 aliphatic rings. The second-order valence-electron chi connectivity index (χ2n) is 4.08. The lowest BCUT2D eigenvalue weighted by Gasteiger charge is -2.15. The predicted molar refractivity (Wildman–Crippen MR) is 67.0 cm³/mol. The zero-order valence-corrected chi connectivity index (χ0v) is 9.80. The van der Waals surface area contributed by atoms with E-state index < -0.39 is 0 Å². The maximum atomic E-state index is 5.58. The molecule has 0 radical (unpaired) electrons. The molecule has 4 heteroatoms. The Hall–Kier alpha value is -1.78. The summed E-state index contributed by atoms with van der Waals surface area (Å²) >= 11 is 0. The van der Waals surface area contributed by atoms with Gasteiger partial charge in [0.05, 0.1) is 12.2 Å². The van der Waals surface area contributed by atoms with Crippen molar-refractivity contribution < 1.29 is 0 Å². The number of aryl methyl sites for hydroxylation is 1. The summed E-state index contributed by atoms with van der Waals surface area (Å²) in [7, 11) is 0. The number of nitrogens with one attached hydrogen (secondary N) is 1. The van der Waals surface area contributed by atoms with E-state index in [1.807, 2.05) is 6.07 Å². The fourth-order valence-electron chi connectivity index (χ4n) is 1.74. The van der Waals surface area contributed by atoms with Crippen molar-refractivity contribution in [3.63, 3.8) is 0 Å². The third-order valence-electron chi connectivity index (χ3n) is 2.77. The maximum Gasteiger partial charge on any atom is 0.0544 e. The summed E-state index contributed by atoms with van der Waals surface area (Å²) in [4.78, 5) is 0. The van der Waals surface area contributed by atoms with E-state index in [0.29, 0.717) is 0 Å². The highest BCUT2D eigenvalue weighted by molar-refractivity contribution is 5.24. The number of hydrogen-bond acceptors (Lipinski definition) is 4. The van der Waals surface area contributed by atoms with E-state index in [2.05, 4.69) is 46.8 Å². The van der Waals surface area contributed by atoms with Gasteiger partial charge in [-0.25, -0.2) is 0 Å².